The fourth-order valence-corrected chi connectivity index (χ4v) is 2.10. The normalized spacial score (nSPS) is 12.6. The predicted molar refractivity (Wildman–Crippen MR) is 74.9 cm³/mol. The summed E-state index contributed by atoms with van der Waals surface area (Å²) < 4.78 is 0.813. The fourth-order valence-electron chi connectivity index (χ4n) is 1.87. The van der Waals surface area contributed by atoms with Crippen molar-refractivity contribution in [2.24, 2.45) is 0 Å². The first kappa shape index (κ1) is 14.7. The van der Waals surface area contributed by atoms with Crippen LogP contribution in [0.3, 0.4) is 0 Å². The van der Waals surface area contributed by atoms with E-state index in [1.165, 1.54) is 32.1 Å². The van der Waals surface area contributed by atoms with Crippen LogP contribution in [0.1, 0.15) is 63.5 Å². The van der Waals surface area contributed by atoms with Gasteiger partial charge in [0.2, 0.25) is 0 Å². The number of unbranched alkanes of at least 4 members (excludes halogenated alkanes) is 5. The lowest BCUT2D eigenvalue weighted by molar-refractivity contribution is 0.163. The van der Waals surface area contributed by atoms with Crippen LogP contribution in [-0.4, -0.2) is 10.1 Å². The highest BCUT2D eigenvalue weighted by molar-refractivity contribution is 9.10. The van der Waals surface area contributed by atoms with Crippen LogP contribution in [0.4, 0.5) is 0 Å². The second-order valence-electron chi connectivity index (χ2n) is 4.49. The zero-order chi connectivity index (χ0) is 12.5. The van der Waals surface area contributed by atoms with Crippen LogP contribution in [0.25, 0.3) is 0 Å². The molecule has 1 heterocycles. The van der Waals surface area contributed by atoms with Crippen LogP contribution < -0.4 is 0 Å². The molecule has 0 radical (unpaired) electrons. The Labute approximate surface area is 113 Å². The zero-order valence-corrected chi connectivity index (χ0v) is 12.1. The van der Waals surface area contributed by atoms with Gasteiger partial charge in [0.1, 0.15) is 4.60 Å². The van der Waals surface area contributed by atoms with Gasteiger partial charge in [-0.25, -0.2) is 4.98 Å². The zero-order valence-electron chi connectivity index (χ0n) is 10.5. The number of aromatic nitrogens is 1. The van der Waals surface area contributed by atoms with E-state index in [2.05, 4.69) is 27.8 Å². The van der Waals surface area contributed by atoms with Crippen LogP contribution >= 0.6 is 15.9 Å². The largest absolute Gasteiger partial charge is 0.388 e. The van der Waals surface area contributed by atoms with Gasteiger partial charge < -0.3 is 5.11 Å². The maximum atomic E-state index is 9.96. The molecule has 1 unspecified atom stereocenters. The average Bonchev–Trinajstić information content (AvgIpc) is 2.34. The van der Waals surface area contributed by atoms with Crippen molar-refractivity contribution >= 4 is 15.9 Å². The molecule has 0 saturated heterocycles. The van der Waals surface area contributed by atoms with E-state index < -0.39 is 0 Å². The molecule has 1 atom stereocenters. The summed E-state index contributed by atoms with van der Waals surface area (Å²) in [5.74, 6) is 0. The third-order valence-electron chi connectivity index (χ3n) is 2.97. The van der Waals surface area contributed by atoms with Gasteiger partial charge in [0.05, 0.1) is 6.10 Å². The Kier molecular flexibility index (Phi) is 7.45. The first-order valence-electron chi connectivity index (χ1n) is 6.53. The molecule has 1 aromatic heterocycles. The molecule has 17 heavy (non-hydrogen) atoms. The van der Waals surface area contributed by atoms with Crippen molar-refractivity contribution in [3.8, 4) is 0 Å². The van der Waals surface area contributed by atoms with E-state index in [4.69, 9.17) is 0 Å². The first-order chi connectivity index (χ1) is 8.24. The third-order valence-corrected chi connectivity index (χ3v) is 3.44. The summed E-state index contributed by atoms with van der Waals surface area (Å²) in [4.78, 5) is 4.13. The quantitative estimate of drug-likeness (QED) is 0.561. The van der Waals surface area contributed by atoms with Crippen LogP contribution in [0.2, 0.25) is 0 Å². The van der Waals surface area contributed by atoms with Crippen LogP contribution in [0, 0.1) is 0 Å². The Balaban J connectivity index is 2.16. The molecule has 0 saturated carbocycles. The van der Waals surface area contributed by atoms with E-state index >= 15 is 0 Å². The number of aliphatic hydroxyl groups excluding tert-OH is 1. The van der Waals surface area contributed by atoms with E-state index in [0.717, 1.165) is 23.0 Å². The van der Waals surface area contributed by atoms with Gasteiger partial charge in [-0.05, 0) is 34.0 Å². The van der Waals surface area contributed by atoms with Crippen LogP contribution in [0.15, 0.2) is 22.9 Å². The lowest BCUT2D eigenvalue weighted by Crippen LogP contribution is -1.98. The van der Waals surface area contributed by atoms with Crippen molar-refractivity contribution < 1.29 is 5.11 Å². The van der Waals surface area contributed by atoms with Crippen LogP contribution in [0.5, 0.6) is 0 Å². The molecule has 0 aromatic carbocycles. The molecule has 0 spiro atoms. The topological polar surface area (TPSA) is 33.1 Å². The molecule has 0 aliphatic heterocycles. The number of hydrogen-bond donors (Lipinski definition) is 1. The number of rotatable bonds is 8. The summed E-state index contributed by atoms with van der Waals surface area (Å²) >= 11 is 3.29. The lowest BCUT2D eigenvalue weighted by atomic mass is 10.0. The maximum absolute atomic E-state index is 9.96. The van der Waals surface area contributed by atoms with Gasteiger partial charge in [-0.3, -0.25) is 0 Å². The molecule has 96 valence electrons. The Hall–Kier alpha value is -0.410. The minimum atomic E-state index is -0.359. The molecule has 0 aliphatic carbocycles. The van der Waals surface area contributed by atoms with Crippen molar-refractivity contribution in [3.63, 3.8) is 0 Å². The number of halogens is 1. The lowest BCUT2D eigenvalue weighted by Gasteiger charge is -2.10. The SMILES string of the molecule is CCCCCCCCC(O)c1ccc(Br)nc1. The first-order valence-corrected chi connectivity index (χ1v) is 7.33. The second kappa shape index (κ2) is 8.65. The van der Waals surface area contributed by atoms with Crippen molar-refractivity contribution in [2.75, 3.05) is 0 Å². The van der Waals surface area contributed by atoms with E-state index in [1.807, 2.05) is 12.1 Å². The molecule has 0 fully saturated rings. The van der Waals surface area contributed by atoms with E-state index in [0.29, 0.717) is 0 Å². The summed E-state index contributed by atoms with van der Waals surface area (Å²) in [5.41, 5.74) is 0.918. The van der Waals surface area contributed by atoms with Gasteiger partial charge >= 0.3 is 0 Å². The summed E-state index contributed by atoms with van der Waals surface area (Å²) in [6.07, 6.45) is 9.78. The summed E-state index contributed by atoms with van der Waals surface area (Å²) in [6, 6.07) is 3.80. The molecule has 0 amide bonds. The Morgan fingerprint density at radius 3 is 2.53 bits per heavy atom. The van der Waals surface area contributed by atoms with Gasteiger partial charge in [0, 0.05) is 6.20 Å². The summed E-state index contributed by atoms with van der Waals surface area (Å²) in [6.45, 7) is 2.23. The molecule has 1 N–H and O–H groups in total. The summed E-state index contributed by atoms with van der Waals surface area (Å²) in [7, 11) is 0. The predicted octanol–water partition coefficient (Wildman–Crippen LogP) is 4.63. The van der Waals surface area contributed by atoms with Gasteiger partial charge in [-0.15, -0.1) is 0 Å². The minimum absolute atomic E-state index is 0.359. The fraction of sp³-hybridized carbons (Fsp3) is 0.643. The minimum Gasteiger partial charge on any atom is -0.388 e. The smallest absolute Gasteiger partial charge is 0.106 e. The number of hydrogen-bond acceptors (Lipinski definition) is 2. The molecule has 3 heteroatoms. The highest BCUT2D eigenvalue weighted by atomic mass is 79.9. The van der Waals surface area contributed by atoms with Crippen molar-refractivity contribution in [2.45, 2.75) is 58.0 Å². The average molecular weight is 300 g/mol. The molecule has 0 bridgehead atoms. The molecular weight excluding hydrogens is 278 g/mol. The highest BCUT2D eigenvalue weighted by Crippen LogP contribution is 2.20. The second-order valence-corrected chi connectivity index (χ2v) is 5.30. The van der Waals surface area contributed by atoms with Crippen molar-refractivity contribution in [3.05, 3.63) is 28.5 Å². The highest BCUT2D eigenvalue weighted by Gasteiger charge is 2.07. The van der Waals surface area contributed by atoms with Gasteiger partial charge in [-0.2, -0.15) is 0 Å². The van der Waals surface area contributed by atoms with Gasteiger partial charge in [0.25, 0.3) is 0 Å². The molecule has 1 aromatic rings. The van der Waals surface area contributed by atoms with Crippen LogP contribution in [-0.2, 0) is 0 Å². The Morgan fingerprint density at radius 1 is 1.18 bits per heavy atom. The molecular formula is C14H22BrNO. The van der Waals surface area contributed by atoms with Crippen molar-refractivity contribution in [1.29, 1.82) is 0 Å². The third kappa shape index (κ3) is 6.18. The number of aliphatic hydroxyl groups is 1. The molecule has 2 nitrogen and oxygen atoms in total. The maximum Gasteiger partial charge on any atom is 0.106 e. The van der Waals surface area contributed by atoms with E-state index in [-0.39, 0.29) is 6.10 Å². The monoisotopic (exact) mass is 299 g/mol. The standard InChI is InChI=1S/C14H22BrNO/c1-2-3-4-5-6-7-8-13(17)12-9-10-14(15)16-11-12/h9-11,13,17H,2-8H2,1H3. The van der Waals surface area contributed by atoms with Crippen molar-refractivity contribution in [1.82, 2.24) is 4.98 Å². The van der Waals surface area contributed by atoms with E-state index in [9.17, 15) is 5.11 Å². The van der Waals surface area contributed by atoms with Gasteiger partial charge in [-0.1, -0.05) is 51.5 Å². The van der Waals surface area contributed by atoms with E-state index in [1.54, 1.807) is 6.20 Å². The summed E-state index contributed by atoms with van der Waals surface area (Å²) in [5, 5.41) is 9.96. The van der Waals surface area contributed by atoms with Gasteiger partial charge in [0.15, 0.2) is 0 Å². The Morgan fingerprint density at radius 2 is 1.88 bits per heavy atom. The Bertz CT molecular complexity index is 300. The number of nitrogens with zero attached hydrogens (tertiary/aromatic N) is 1. The molecule has 0 aliphatic rings. The number of pyridine rings is 1. The molecule has 1 rings (SSSR count).